The molecule has 2 aromatic rings. The highest BCUT2D eigenvalue weighted by Gasteiger charge is 2.44. The molecule has 1 amide bonds. The van der Waals surface area contributed by atoms with Gasteiger partial charge in [0.15, 0.2) is 0 Å². The van der Waals surface area contributed by atoms with Gasteiger partial charge in [0.2, 0.25) is 0 Å². The van der Waals surface area contributed by atoms with Gasteiger partial charge in [-0.15, -0.1) is 0 Å². The Kier molecular flexibility index (Phi) is 4.89. The summed E-state index contributed by atoms with van der Waals surface area (Å²) in [7, 11) is 0. The minimum atomic E-state index is -0.487. The smallest absolute Gasteiger partial charge is 0.410 e. The summed E-state index contributed by atoms with van der Waals surface area (Å²) in [6, 6.07) is 10.5. The summed E-state index contributed by atoms with van der Waals surface area (Å²) in [6.45, 7) is 7.09. The summed E-state index contributed by atoms with van der Waals surface area (Å²) in [4.78, 5) is 29.1. The van der Waals surface area contributed by atoms with E-state index in [0.29, 0.717) is 30.8 Å². The lowest BCUT2D eigenvalue weighted by atomic mass is 9.68. The second-order valence-corrected chi connectivity index (χ2v) is 10.8. The van der Waals surface area contributed by atoms with Gasteiger partial charge in [-0.3, -0.25) is 4.79 Å². The minimum Gasteiger partial charge on any atom is -0.444 e. The Labute approximate surface area is 167 Å². The van der Waals surface area contributed by atoms with Crippen LogP contribution in [0.4, 0.5) is 4.79 Å². The van der Waals surface area contributed by atoms with E-state index < -0.39 is 5.60 Å². The van der Waals surface area contributed by atoms with E-state index in [1.54, 1.807) is 0 Å². The van der Waals surface area contributed by atoms with Crippen LogP contribution in [0.3, 0.4) is 0 Å². The van der Waals surface area contributed by atoms with E-state index in [-0.39, 0.29) is 10.1 Å². The van der Waals surface area contributed by atoms with Crippen molar-refractivity contribution in [3.8, 4) is 0 Å². The maximum absolute atomic E-state index is 12.6. The Morgan fingerprint density at radius 3 is 2.59 bits per heavy atom. The third kappa shape index (κ3) is 3.83. The molecule has 2 heterocycles. The van der Waals surface area contributed by atoms with Crippen LogP contribution in [0, 0.1) is 5.92 Å². The Balaban J connectivity index is 1.65. The molecule has 27 heavy (non-hydrogen) atoms. The molecule has 1 aliphatic carbocycles. The van der Waals surface area contributed by atoms with Crippen molar-refractivity contribution < 1.29 is 9.53 Å². The zero-order chi connectivity index (χ0) is 19.2. The molecule has 0 saturated carbocycles. The SMILES string of the molecule is CC(C)(C)OC(=O)N1CC[C@@H]2c3sc(=O)sc3C[C@H](c3ccccc3)[C@H]2C1. The molecule has 1 saturated heterocycles. The molecule has 4 nitrogen and oxygen atoms in total. The summed E-state index contributed by atoms with van der Waals surface area (Å²) in [5.41, 5.74) is 0.814. The van der Waals surface area contributed by atoms with Gasteiger partial charge in [0.05, 0.1) is 0 Å². The molecule has 1 aromatic heterocycles. The van der Waals surface area contributed by atoms with Crippen LogP contribution in [0.25, 0.3) is 0 Å². The normalized spacial score (nSPS) is 24.9. The van der Waals surface area contributed by atoms with Gasteiger partial charge in [0.25, 0.3) is 4.06 Å². The Bertz CT molecular complexity index is 881. The second-order valence-electron chi connectivity index (χ2n) is 8.45. The van der Waals surface area contributed by atoms with Crippen LogP contribution >= 0.6 is 22.7 Å². The molecule has 4 rings (SSSR count). The van der Waals surface area contributed by atoms with E-state index in [1.807, 2.05) is 31.7 Å². The largest absolute Gasteiger partial charge is 0.444 e. The number of likely N-dealkylation sites (tertiary alicyclic amines) is 1. The fraction of sp³-hybridized carbons (Fsp3) is 0.524. The van der Waals surface area contributed by atoms with Gasteiger partial charge in [-0.2, -0.15) is 0 Å². The lowest BCUT2D eigenvalue weighted by Crippen LogP contribution is -2.48. The topological polar surface area (TPSA) is 46.6 Å². The number of hydrogen-bond acceptors (Lipinski definition) is 5. The third-order valence-electron chi connectivity index (χ3n) is 5.47. The maximum Gasteiger partial charge on any atom is 0.410 e. The van der Waals surface area contributed by atoms with E-state index in [0.717, 1.165) is 12.8 Å². The molecule has 1 fully saturated rings. The van der Waals surface area contributed by atoms with Crippen molar-refractivity contribution in [1.82, 2.24) is 4.90 Å². The van der Waals surface area contributed by atoms with Gasteiger partial charge in [-0.25, -0.2) is 4.79 Å². The van der Waals surface area contributed by atoms with Crippen LogP contribution in [-0.4, -0.2) is 29.7 Å². The van der Waals surface area contributed by atoms with Crippen LogP contribution in [-0.2, 0) is 11.2 Å². The highest BCUT2D eigenvalue weighted by molar-refractivity contribution is 7.27. The number of benzene rings is 1. The lowest BCUT2D eigenvalue weighted by Gasteiger charge is -2.45. The van der Waals surface area contributed by atoms with Crippen molar-refractivity contribution in [2.75, 3.05) is 13.1 Å². The summed E-state index contributed by atoms with van der Waals surface area (Å²) in [5.74, 6) is 1.02. The molecule has 0 bridgehead atoms. The number of fused-ring (bicyclic) bond motifs is 3. The fourth-order valence-corrected chi connectivity index (χ4v) is 6.89. The first-order chi connectivity index (χ1) is 12.8. The predicted molar refractivity (Wildman–Crippen MR) is 110 cm³/mol. The standard InChI is InChI=1S/C21H25NO3S2/c1-21(2,3)25-19(23)22-10-9-14-16(12-22)15(13-7-5-4-6-8-13)11-17-18(14)27-20(24)26-17/h4-8,14-16H,9-12H2,1-3H3/t14-,15+,16-/m0/s1. The monoisotopic (exact) mass is 403 g/mol. The van der Waals surface area contributed by atoms with Crippen molar-refractivity contribution in [2.24, 2.45) is 5.92 Å². The maximum atomic E-state index is 12.6. The second kappa shape index (κ2) is 7.06. The van der Waals surface area contributed by atoms with Gasteiger partial charge >= 0.3 is 6.09 Å². The summed E-state index contributed by atoms with van der Waals surface area (Å²) >= 11 is 2.84. The number of piperidine rings is 1. The van der Waals surface area contributed by atoms with Gasteiger partial charge in [-0.1, -0.05) is 53.0 Å². The number of nitrogens with zero attached hydrogens (tertiary/aromatic N) is 1. The Morgan fingerprint density at radius 2 is 1.89 bits per heavy atom. The van der Waals surface area contributed by atoms with E-state index in [4.69, 9.17) is 4.74 Å². The number of rotatable bonds is 1. The van der Waals surface area contributed by atoms with E-state index >= 15 is 0 Å². The molecular formula is C21H25NO3S2. The van der Waals surface area contributed by atoms with Gasteiger partial charge < -0.3 is 9.64 Å². The zero-order valence-corrected chi connectivity index (χ0v) is 17.6. The van der Waals surface area contributed by atoms with Crippen LogP contribution in [0.1, 0.15) is 54.3 Å². The zero-order valence-electron chi connectivity index (χ0n) is 15.9. The summed E-state index contributed by atoms with van der Waals surface area (Å²) < 4.78 is 5.81. The average molecular weight is 404 g/mol. The van der Waals surface area contributed by atoms with Gasteiger partial charge in [0.1, 0.15) is 5.60 Å². The number of amides is 1. The molecule has 6 heteroatoms. The van der Waals surface area contributed by atoms with Crippen molar-refractivity contribution in [3.05, 3.63) is 54.5 Å². The first-order valence-electron chi connectivity index (χ1n) is 9.47. The van der Waals surface area contributed by atoms with Gasteiger partial charge in [-0.05, 0) is 51.0 Å². The van der Waals surface area contributed by atoms with Gasteiger partial charge in [0, 0.05) is 28.8 Å². The molecule has 0 N–H and O–H groups in total. The molecule has 0 unspecified atom stereocenters. The van der Waals surface area contributed by atoms with Crippen molar-refractivity contribution >= 4 is 28.8 Å². The fourth-order valence-electron chi connectivity index (χ4n) is 4.37. The summed E-state index contributed by atoms with van der Waals surface area (Å²) in [6.07, 6.45) is 1.57. The van der Waals surface area contributed by atoms with E-state index in [1.165, 1.54) is 38.0 Å². The van der Waals surface area contributed by atoms with Crippen LogP contribution in [0.2, 0.25) is 0 Å². The summed E-state index contributed by atoms with van der Waals surface area (Å²) in [5, 5.41) is 0. The minimum absolute atomic E-state index is 0.196. The molecule has 2 aliphatic rings. The molecular weight excluding hydrogens is 378 g/mol. The Morgan fingerprint density at radius 1 is 1.15 bits per heavy atom. The molecule has 144 valence electrons. The molecule has 1 aliphatic heterocycles. The first kappa shape index (κ1) is 18.7. The molecule has 0 spiro atoms. The van der Waals surface area contributed by atoms with Crippen molar-refractivity contribution in [1.29, 1.82) is 0 Å². The van der Waals surface area contributed by atoms with E-state index in [9.17, 15) is 9.59 Å². The van der Waals surface area contributed by atoms with Crippen molar-refractivity contribution in [3.63, 3.8) is 0 Å². The van der Waals surface area contributed by atoms with Crippen molar-refractivity contribution in [2.45, 2.75) is 51.0 Å². The number of hydrogen-bond donors (Lipinski definition) is 0. The average Bonchev–Trinajstić information content (AvgIpc) is 3.00. The Hall–Kier alpha value is -1.66. The number of ether oxygens (including phenoxy) is 1. The van der Waals surface area contributed by atoms with Crippen LogP contribution in [0.5, 0.6) is 0 Å². The third-order valence-corrected chi connectivity index (χ3v) is 7.84. The quantitative estimate of drug-likeness (QED) is 0.684. The molecule has 0 radical (unpaired) electrons. The van der Waals surface area contributed by atoms with Crippen LogP contribution in [0.15, 0.2) is 35.1 Å². The van der Waals surface area contributed by atoms with Crippen LogP contribution < -0.4 is 4.06 Å². The number of carbonyl (C=O) groups excluding carboxylic acids is 1. The van der Waals surface area contributed by atoms with E-state index in [2.05, 4.69) is 24.3 Å². The first-order valence-corrected chi connectivity index (χ1v) is 11.1. The molecule has 1 aromatic carbocycles. The molecule has 3 atom stereocenters. The number of carbonyl (C=O) groups is 1. The lowest BCUT2D eigenvalue weighted by molar-refractivity contribution is 0.0120. The predicted octanol–water partition coefficient (Wildman–Crippen LogP) is 4.85. The highest BCUT2D eigenvalue weighted by Crippen LogP contribution is 2.50. The highest BCUT2D eigenvalue weighted by atomic mass is 32.2.